The summed E-state index contributed by atoms with van der Waals surface area (Å²) in [5, 5.41) is 4.18. The van der Waals surface area contributed by atoms with Crippen LogP contribution in [0.15, 0.2) is 36.7 Å². The molecule has 1 heterocycles. The van der Waals surface area contributed by atoms with Gasteiger partial charge >= 0.3 is 0 Å². The van der Waals surface area contributed by atoms with Crippen LogP contribution < -0.4 is 0 Å². The van der Waals surface area contributed by atoms with Crippen molar-refractivity contribution in [2.24, 2.45) is 0 Å². The Morgan fingerprint density at radius 2 is 1.64 bits per heavy atom. The summed E-state index contributed by atoms with van der Waals surface area (Å²) in [5.41, 5.74) is 2.66. The van der Waals surface area contributed by atoms with Gasteiger partial charge in [0.15, 0.2) is 5.91 Å². The molecule has 0 N–H and O–H groups in total. The minimum Gasteiger partial charge on any atom is -0.498 e. The van der Waals surface area contributed by atoms with E-state index in [4.69, 9.17) is 0 Å². The second-order valence-electron chi connectivity index (χ2n) is 5.49. The molecule has 2 aromatic rings. The quantitative estimate of drug-likeness (QED) is 0.637. The third-order valence-corrected chi connectivity index (χ3v) is 3.25. The van der Waals surface area contributed by atoms with E-state index in [2.05, 4.69) is 19.1 Å². The summed E-state index contributed by atoms with van der Waals surface area (Å²) in [6.45, 7) is 5.83. The van der Waals surface area contributed by atoms with Crippen molar-refractivity contribution >= 4 is 11.8 Å². The van der Waals surface area contributed by atoms with Gasteiger partial charge in [-0.1, -0.05) is 41.0 Å². The second-order valence-corrected chi connectivity index (χ2v) is 5.49. The molecule has 0 spiro atoms. The van der Waals surface area contributed by atoms with Crippen molar-refractivity contribution in [1.82, 2.24) is 19.6 Å². The van der Waals surface area contributed by atoms with Gasteiger partial charge in [-0.25, -0.2) is 0 Å². The van der Waals surface area contributed by atoms with Crippen LogP contribution in [0, 0.1) is 14.0 Å². The predicted octanol–water partition coefficient (Wildman–Crippen LogP) is 4.25. The Hall–Kier alpha value is -1.53. The van der Waals surface area contributed by atoms with Gasteiger partial charge in [0.05, 0.1) is 6.20 Å². The van der Waals surface area contributed by atoms with Crippen molar-refractivity contribution in [2.45, 2.75) is 35.7 Å². The van der Waals surface area contributed by atoms with Gasteiger partial charge in [0, 0.05) is 71.1 Å². The van der Waals surface area contributed by atoms with E-state index < -0.39 is 0 Å². The fourth-order valence-corrected chi connectivity index (χ4v) is 1.72. The van der Waals surface area contributed by atoms with E-state index in [-0.39, 0.29) is 66.8 Å². The number of hydrogen-bond acceptors (Lipinski definition) is 3. The molecule has 1 radical (unpaired) electrons. The summed E-state index contributed by atoms with van der Waals surface area (Å²) in [6, 6.07) is 7.55. The summed E-state index contributed by atoms with van der Waals surface area (Å²) in [6.07, 6.45) is 3.71. The van der Waals surface area contributed by atoms with Crippen LogP contribution >= 0.6 is 0 Å². The zero-order chi connectivity index (χ0) is 18.3. The Bertz CT molecular complexity index is 697. The van der Waals surface area contributed by atoms with E-state index in [9.17, 15) is 9.59 Å². The molecular formula is C21H36N4O2Y-2. The summed E-state index contributed by atoms with van der Waals surface area (Å²) in [5.74, 6) is -0.0172. The minimum absolute atomic E-state index is 0. The average Bonchev–Trinajstić information content (AvgIpc) is 3.03. The number of carbonyl (C=O) groups is 2. The van der Waals surface area contributed by atoms with Crippen LogP contribution in [0.5, 0.6) is 0 Å². The fourth-order valence-electron chi connectivity index (χ4n) is 1.72. The van der Waals surface area contributed by atoms with E-state index >= 15 is 0 Å². The molecule has 0 unspecified atom stereocenters. The Labute approximate surface area is 197 Å². The molecule has 0 aliphatic carbocycles. The van der Waals surface area contributed by atoms with Crippen LogP contribution in [0.25, 0.3) is 11.1 Å². The molecule has 157 valence electrons. The van der Waals surface area contributed by atoms with Crippen molar-refractivity contribution in [1.29, 1.82) is 0 Å². The van der Waals surface area contributed by atoms with Gasteiger partial charge in [0.25, 0.3) is 5.91 Å². The fraction of sp³-hybridized carbons (Fsp3) is 0.381. The van der Waals surface area contributed by atoms with E-state index in [0.29, 0.717) is 12.1 Å². The average molecular weight is 465 g/mol. The van der Waals surface area contributed by atoms with Crippen LogP contribution in [0.3, 0.4) is 0 Å². The molecule has 0 aliphatic heterocycles. The van der Waals surface area contributed by atoms with Crippen LogP contribution in [-0.4, -0.2) is 52.5 Å². The van der Waals surface area contributed by atoms with Crippen molar-refractivity contribution in [2.75, 3.05) is 21.1 Å². The SMILES string of the molecule is C.C.C.[CH2-]Cn1cc(-c2cccc(C(=O)N(C)C)c2)cn1.[CH2-]N(C)C(C)=O.[Y]. The zero-order valence-corrected chi connectivity index (χ0v) is 18.1. The first kappa shape index (κ1) is 34.0. The summed E-state index contributed by atoms with van der Waals surface area (Å²) >= 11 is 0. The molecule has 0 saturated heterocycles. The largest absolute Gasteiger partial charge is 0.498 e. The van der Waals surface area contributed by atoms with E-state index in [1.54, 1.807) is 36.9 Å². The number of benzene rings is 1. The van der Waals surface area contributed by atoms with Gasteiger partial charge in [-0.2, -0.15) is 5.10 Å². The van der Waals surface area contributed by atoms with Crippen molar-refractivity contribution in [3.05, 3.63) is 56.2 Å². The van der Waals surface area contributed by atoms with Crippen LogP contribution in [0.2, 0.25) is 0 Å². The number of nitrogens with zero attached hydrogens (tertiary/aromatic N) is 4. The molecule has 28 heavy (non-hydrogen) atoms. The van der Waals surface area contributed by atoms with Crippen LogP contribution in [-0.2, 0) is 44.0 Å². The Morgan fingerprint density at radius 1 is 1.11 bits per heavy atom. The number of rotatable bonds is 3. The predicted molar refractivity (Wildman–Crippen MR) is 115 cm³/mol. The van der Waals surface area contributed by atoms with Gasteiger partial charge in [-0.05, 0) is 24.7 Å². The smallest absolute Gasteiger partial charge is 0.253 e. The summed E-state index contributed by atoms with van der Waals surface area (Å²) < 4.78 is 1.76. The molecule has 2 rings (SSSR count). The van der Waals surface area contributed by atoms with E-state index in [1.165, 1.54) is 11.8 Å². The molecule has 0 saturated carbocycles. The first-order valence-corrected chi connectivity index (χ1v) is 7.44. The van der Waals surface area contributed by atoms with Gasteiger partial charge in [0.2, 0.25) is 0 Å². The number of carbonyl (C=O) groups excluding carboxylic acids is 2. The standard InChI is InChI=1S/C14H16N3O.C4H8NO.3CH4.Y/c1-4-17-10-13(9-15-17)11-6-5-7-12(8-11)14(18)16(2)3;1-4(6)5(2)3;;;;/h5-10H,1,4H2,2-3H3;2H2,1,3H3;3*1H4;/q2*-1;;;;. The maximum absolute atomic E-state index is 11.9. The Morgan fingerprint density at radius 3 is 2.04 bits per heavy atom. The third-order valence-electron chi connectivity index (χ3n) is 3.25. The maximum atomic E-state index is 11.9. The van der Waals surface area contributed by atoms with Crippen LogP contribution in [0.4, 0.5) is 0 Å². The molecule has 0 aliphatic rings. The molecule has 0 bridgehead atoms. The molecule has 0 atom stereocenters. The number of hydrogen-bond donors (Lipinski definition) is 0. The van der Waals surface area contributed by atoms with Gasteiger partial charge in [0.1, 0.15) is 0 Å². The van der Waals surface area contributed by atoms with E-state index in [0.717, 1.165) is 11.1 Å². The Balaban J connectivity index is -0.000000255. The van der Waals surface area contributed by atoms with Crippen molar-refractivity contribution < 1.29 is 42.3 Å². The number of aromatic nitrogens is 2. The first-order valence-electron chi connectivity index (χ1n) is 7.44. The Kier molecular flexibility index (Phi) is 20.0. The van der Waals surface area contributed by atoms with Crippen molar-refractivity contribution in [3.63, 3.8) is 0 Å². The first-order chi connectivity index (χ1) is 11.3. The van der Waals surface area contributed by atoms with Crippen molar-refractivity contribution in [3.8, 4) is 11.1 Å². The normalized spacial score (nSPS) is 8.36. The van der Waals surface area contributed by atoms with Crippen LogP contribution in [0.1, 0.15) is 39.6 Å². The molecule has 1 aromatic carbocycles. The third kappa shape index (κ3) is 10.7. The monoisotopic (exact) mass is 465 g/mol. The molecule has 7 heteroatoms. The van der Waals surface area contributed by atoms with E-state index in [1.807, 2.05) is 30.5 Å². The number of amides is 2. The van der Waals surface area contributed by atoms with Gasteiger partial charge in [-0.3, -0.25) is 16.6 Å². The summed E-state index contributed by atoms with van der Waals surface area (Å²) in [7, 11) is 8.43. The molecule has 0 fully saturated rings. The summed E-state index contributed by atoms with van der Waals surface area (Å²) in [4.78, 5) is 24.7. The molecule has 2 amide bonds. The zero-order valence-electron chi connectivity index (χ0n) is 15.3. The van der Waals surface area contributed by atoms with Gasteiger partial charge < -0.3 is 21.4 Å². The topological polar surface area (TPSA) is 58.4 Å². The maximum Gasteiger partial charge on any atom is 0.253 e. The second kappa shape index (κ2) is 16.4. The minimum atomic E-state index is -0.0185. The molecule has 1 aromatic heterocycles. The van der Waals surface area contributed by atoms with Gasteiger partial charge in [-0.15, -0.1) is 0 Å². The molecular weight excluding hydrogens is 429 g/mol. The molecule has 6 nitrogen and oxygen atoms in total.